The van der Waals surface area contributed by atoms with Gasteiger partial charge in [0, 0.05) is 0 Å². The maximum absolute atomic E-state index is 4.84. The van der Waals surface area contributed by atoms with Gasteiger partial charge in [-0.2, -0.15) is 0 Å². The van der Waals surface area contributed by atoms with Crippen molar-refractivity contribution in [3.63, 3.8) is 0 Å². The predicted molar refractivity (Wildman–Crippen MR) is 106 cm³/mol. The summed E-state index contributed by atoms with van der Waals surface area (Å²) in [5, 5.41) is 4.09. The van der Waals surface area contributed by atoms with E-state index in [-0.39, 0.29) is 0 Å². The number of benzene rings is 3. The van der Waals surface area contributed by atoms with E-state index in [1.807, 2.05) is 0 Å². The van der Waals surface area contributed by atoms with E-state index in [0.717, 1.165) is 0 Å². The molecular formula is C22H23P. The summed E-state index contributed by atoms with van der Waals surface area (Å²) in [6.07, 6.45) is 4.84. The molecule has 0 amide bonds. The van der Waals surface area contributed by atoms with E-state index < -0.39 is 6.89 Å². The Morgan fingerprint density at radius 1 is 0.652 bits per heavy atom. The Morgan fingerprint density at radius 3 is 1.43 bits per heavy atom. The lowest BCUT2D eigenvalue weighted by Crippen LogP contribution is -2.28. The number of hydrogen-bond donors (Lipinski definition) is 0. The molecule has 23 heavy (non-hydrogen) atoms. The summed E-state index contributed by atoms with van der Waals surface area (Å²) >= 11 is 0. The molecule has 0 radical (unpaired) electrons. The van der Waals surface area contributed by atoms with Crippen LogP contribution in [-0.4, -0.2) is 6.30 Å². The highest BCUT2D eigenvalue weighted by Gasteiger charge is 2.25. The summed E-state index contributed by atoms with van der Waals surface area (Å²) in [4.78, 5) is 0. The van der Waals surface area contributed by atoms with E-state index in [1.165, 1.54) is 32.6 Å². The first-order valence-electron chi connectivity index (χ1n) is 7.96. The molecule has 1 heteroatoms. The van der Waals surface area contributed by atoms with Crippen molar-refractivity contribution >= 4 is 29.1 Å². The van der Waals surface area contributed by atoms with Gasteiger partial charge in [-0.3, -0.25) is 0 Å². The van der Waals surface area contributed by atoms with Crippen LogP contribution in [0.15, 0.2) is 72.8 Å². The van der Waals surface area contributed by atoms with E-state index in [0.29, 0.717) is 0 Å². The SMILES string of the molecule is C=P(c1ccccc1)(c1ccccc1)c1c(C)cc(C)cc1C. The van der Waals surface area contributed by atoms with E-state index in [4.69, 9.17) is 6.30 Å². The lowest BCUT2D eigenvalue weighted by Gasteiger charge is -2.30. The van der Waals surface area contributed by atoms with Gasteiger partial charge in [0.25, 0.3) is 0 Å². The van der Waals surface area contributed by atoms with Crippen molar-refractivity contribution in [3.8, 4) is 0 Å². The van der Waals surface area contributed by atoms with Crippen molar-refractivity contribution in [2.45, 2.75) is 20.8 Å². The average molecular weight is 318 g/mol. The molecule has 0 heterocycles. The van der Waals surface area contributed by atoms with Gasteiger partial charge in [0.1, 0.15) is 0 Å². The van der Waals surface area contributed by atoms with Gasteiger partial charge in [0.05, 0.1) is 0 Å². The zero-order valence-corrected chi connectivity index (χ0v) is 15.0. The Kier molecular flexibility index (Phi) is 4.28. The van der Waals surface area contributed by atoms with Crippen molar-refractivity contribution in [3.05, 3.63) is 89.5 Å². The second-order valence-corrected chi connectivity index (χ2v) is 9.33. The van der Waals surface area contributed by atoms with Gasteiger partial charge >= 0.3 is 0 Å². The van der Waals surface area contributed by atoms with E-state index in [2.05, 4.69) is 93.6 Å². The molecule has 0 saturated carbocycles. The molecule has 0 atom stereocenters. The molecule has 0 N–H and O–H groups in total. The highest BCUT2D eigenvalue weighted by molar-refractivity contribution is 7.93. The predicted octanol–water partition coefficient (Wildman–Crippen LogP) is 4.34. The number of rotatable bonds is 3. The molecule has 0 aliphatic rings. The Hall–Kier alpha value is -2.04. The van der Waals surface area contributed by atoms with Crippen molar-refractivity contribution in [2.24, 2.45) is 0 Å². The third kappa shape index (κ3) is 2.80. The second kappa shape index (κ2) is 6.22. The molecule has 116 valence electrons. The van der Waals surface area contributed by atoms with Crippen LogP contribution < -0.4 is 15.9 Å². The fourth-order valence-electron chi connectivity index (χ4n) is 3.55. The molecule has 0 bridgehead atoms. The minimum Gasteiger partial charge on any atom is -0.0887 e. The molecule has 0 nitrogen and oxygen atoms in total. The molecule has 0 aliphatic carbocycles. The summed E-state index contributed by atoms with van der Waals surface area (Å²) in [5.74, 6) is 0. The number of hydrogen-bond acceptors (Lipinski definition) is 0. The van der Waals surface area contributed by atoms with Crippen LogP contribution in [-0.2, 0) is 0 Å². The quantitative estimate of drug-likeness (QED) is 0.630. The molecular weight excluding hydrogens is 295 g/mol. The van der Waals surface area contributed by atoms with E-state index in [9.17, 15) is 0 Å². The zero-order chi connectivity index (χ0) is 16.4. The maximum Gasteiger partial charge on any atom is -0.0107 e. The molecule has 0 aliphatic heterocycles. The molecule has 3 aromatic rings. The minimum atomic E-state index is -1.87. The van der Waals surface area contributed by atoms with Gasteiger partial charge in [-0.05, 0) is 54.7 Å². The second-order valence-electron chi connectivity index (χ2n) is 6.23. The fraction of sp³-hybridized carbons (Fsp3) is 0.136. The number of aryl methyl sites for hydroxylation is 3. The van der Waals surface area contributed by atoms with Gasteiger partial charge in [-0.25, -0.2) is 0 Å². The van der Waals surface area contributed by atoms with Gasteiger partial charge in [0.2, 0.25) is 0 Å². The van der Waals surface area contributed by atoms with Gasteiger partial charge in [0.15, 0.2) is 0 Å². The van der Waals surface area contributed by atoms with Crippen LogP contribution in [0.2, 0.25) is 0 Å². The molecule has 0 saturated heterocycles. The Morgan fingerprint density at radius 2 is 1.04 bits per heavy atom. The Bertz CT molecular complexity index is 794. The molecule has 0 spiro atoms. The first kappa shape index (κ1) is 15.8. The van der Waals surface area contributed by atoms with Crippen LogP contribution in [0, 0.1) is 20.8 Å². The van der Waals surface area contributed by atoms with Gasteiger partial charge in [-0.1, -0.05) is 84.7 Å². The third-order valence-corrected chi connectivity index (χ3v) is 8.24. The molecule has 3 aromatic carbocycles. The summed E-state index contributed by atoms with van der Waals surface area (Å²) < 4.78 is 0. The summed E-state index contributed by atoms with van der Waals surface area (Å²) in [6.45, 7) is 4.74. The van der Waals surface area contributed by atoms with Crippen molar-refractivity contribution in [1.82, 2.24) is 0 Å². The van der Waals surface area contributed by atoms with Crippen LogP contribution in [0.3, 0.4) is 0 Å². The minimum absolute atomic E-state index is 1.32. The monoisotopic (exact) mass is 318 g/mol. The lowest BCUT2D eigenvalue weighted by atomic mass is 10.1. The van der Waals surface area contributed by atoms with Crippen LogP contribution in [0.4, 0.5) is 0 Å². The highest BCUT2D eigenvalue weighted by Crippen LogP contribution is 2.43. The zero-order valence-electron chi connectivity index (χ0n) is 14.1. The van der Waals surface area contributed by atoms with Gasteiger partial charge < -0.3 is 0 Å². The topological polar surface area (TPSA) is 0 Å². The van der Waals surface area contributed by atoms with Crippen LogP contribution in [0.25, 0.3) is 0 Å². The summed E-state index contributed by atoms with van der Waals surface area (Å²) in [7, 11) is 0. The molecule has 0 unspecified atom stereocenters. The van der Waals surface area contributed by atoms with Crippen molar-refractivity contribution in [1.29, 1.82) is 0 Å². The van der Waals surface area contributed by atoms with E-state index >= 15 is 0 Å². The van der Waals surface area contributed by atoms with Crippen molar-refractivity contribution in [2.75, 3.05) is 0 Å². The summed E-state index contributed by atoms with van der Waals surface area (Å²) in [6, 6.07) is 26.1. The Balaban J connectivity index is 2.38. The first-order chi connectivity index (χ1) is 11.0. The fourth-order valence-corrected chi connectivity index (χ4v) is 7.06. The van der Waals surface area contributed by atoms with Crippen molar-refractivity contribution < 1.29 is 0 Å². The van der Waals surface area contributed by atoms with Crippen LogP contribution >= 0.6 is 6.89 Å². The lowest BCUT2D eigenvalue weighted by molar-refractivity contribution is 1.35. The maximum atomic E-state index is 4.84. The summed E-state index contributed by atoms with van der Waals surface area (Å²) in [5.41, 5.74) is 4.01. The molecule has 0 fully saturated rings. The van der Waals surface area contributed by atoms with E-state index in [1.54, 1.807) is 0 Å². The van der Waals surface area contributed by atoms with Crippen LogP contribution in [0.5, 0.6) is 0 Å². The van der Waals surface area contributed by atoms with Crippen LogP contribution in [0.1, 0.15) is 16.7 Å². The standard InChI is InChI=1S/C22H23P/c1-17-15-18(2)22(19(3)16-17)23(4,20-11-7-5-8-12-20)21-13-9-6-10-14-21/h5-16H,4H2,1-3H3. The highest BCUT2D eigenvalue weighted by atomic mass is 31.2. The Labute approximate surface area is 139 Å². The third-order valence-electron chi connectivity index (χ3n) is 4.41. The average Bonchev–Trinajstić information content (AvgIpc) is 2.55. The molecule has 3 rings (SSSR count). The smallest absolute Gasteiger partial charge is 0.0107 e. The largest absolute Gasteiger partial charge is 0.0887 e. The van der Waals surface area contributed by atoms with Gasteiger partial charge in [-0.15, -0.1) is 0 Å². The normalized spacial score (nSPS) is 11.4. The molecule has 0 aromatic heterocycles. The first-order valence-corrected chi connectivity index (χ1v) is 9.94.